The number of rotatable bonds is 7. The number of alkyl halides is 2. The zero-order valence-electron chi connectivity index (χ0n) is 22.4. The minimum Gasteiger partial charge on any atom is -0.496 e. The second-order valence-corrected chi connectivity index (χ2v) is 12.3. The fraction of sp³-hybridized carbons (Fsp3) is 0.467. The number of carboxylic acids is 1. The van der Waals surface area contributed by atoms with Crippen molar-refractivity contribution >= 4 is 29.2 Å². The van der Waals surface area contributed by atoms with Crippen LogP contribution in [-0.4, -0.2) is 30.0 Å². The average molecular weight is 546 g/mol. The van der Waals surface area contributed by atoms with E-state index in [-0.39, 0.29) is 41.9 Å². The van der Waals surface area contributed by atoms with Crippen molar-refractivity contribution in [2.45, 2.75) is 71.1 Å². The predicted octanol–water partition coefficient (Wildman–Crippen LogP) is 7.65. The van der Waals surface area contributed by atoms with Crippen LogP contribution in [0.4, 0.5) is 14.5 Å². The number of carbonyl (C=O) groups is 2. The Labute approximate surface area is 227 Å². The summed E-state index contributed by atoms with van der Waals surface area (Å²) in [7, 11) is 1.35. The van der Waals surface area contributed by atoms with Gasteiger partial charge >= 0.3 is 5.97 Å². The molecular weight excluding hydrogens is 512 g/mol. The molecule has 2 aromatic carbocycles. The van der Waals surface area contributed by atoms with Crippen LogP contribution < -0.4 is 9.64 Å². The Morgan fingerprint density at radius 2 is 1.87 bits per heavy atom. The number of allylic oxidation sites excluding steroid dienone is 1. The summed E-state index contributed by atoms with van der Waals surface area (Å²) in [5, 5.41) is 10.0. The van der Waals surface area contributed by atoms with Crippen LogP contribution in [0.25, 0.3) is 0 Å². The summed E-state index contributed by atoms with van der Waals surface area (Å²) in [6, 6.07) is 10.2. The van der Waals surface area contributed by atoms with Crippen LogP contribution in [0.3, 0.4) is 0 Å². The molecule has 1 fully saturated rings. The normalized spacial score (nSPS) is 21.6. The summed E-state index contributed by atoms with van der Waals surface area (Å²) in [6.45, 7) is 8.43. The number of methoxy groups -OCH3 is 1. The van der Waals surface area contributed by atoms with E-state index in [0.717, 1.165) is 29.5 Å². The third kappa shape index (κ3) is 5.58. The predicted molar refractivity (Wildman–Crippen MR) is 144 cm³/mol. The number of halogens is 3. The molecular formula is C30H34ClF2NO4. The maximum absolute atomic E-state index is 14.0. The second-order valence-electron chi connectivity index (χ2n) is 11.9. The van der Waals surface area contributed by atoms with Crippen LogP contribution >= 0.6 is 11.6 Å². The summed E-state index contributed by atoms with van der Waals surface area (Å²) in [5.41, 5.74) is 2.30. The molecule has 2 aliphatic rings. The first-order valence-electron chi connectivity index (χ1n) is 12.8. The number of carboxylic acid groups (broad SMARTS) is 1. The van der Waals surface area contributed by atoms with Gasteiger partial charge in [-0.2, -0.15) is 0 Å². The molecule has 0 saturated heterocycles. The zero-order chi connectivity index (χ0) is 28.0. The van der Waals surface area contributed by atoms with Gasteiger partial charge in [-0.05, 0) is 59.1 Å². The number of aromatic carboxylic acids is 1. The summed E-state index contributed by atoms with van der Waals surface area (Å²) in [4.78, 5) is 26.4. The van der Waals surface area contributed by atoms with Gasteiger partial charge in [0, 0.05) is 42.0 Å². The van der Waals surface area contributed by atoms with Crippen molar-refractivity contribution in [3.63, 3.8) is 0 Å². The van der Waals surface area contributed by atoms with Gasteiger partial charge in [-0.25, -0.2) is 13.6 Å². The van der Waals surface area contributed by atoms with E-state index < -0.39 is 23.2 Å². The monoisotopic (exact) mass is 545 g/mol. The first-order valence-corrected chi connectivity index (χ1v) is 13.1. The lowest BCUT2D eigenvalue weighted by molar-refractivity contribution is -0.120. The third-order valence-electron chi connectivity index (χ3n) is 7.74. The van der Waals surface area contributed by atoms with E-state index in [9.17, 15) is 23.5 Å². The molecule has 0 aromatic heterocycles. The Morgan fingerprint density at radius 1 is 1.18 bits per heavy atom. The minimum atomic E-state index is -2.74. The Hall–Kier alpha value is -2.93. The lowest BCUT2D eigenvalue weighted by Gasteiger charge is -2.47. The van der Waals surface area contributed by atoms with Gasteiger partial charge in [0.15, 0.2) is 0 Å². The van der Waals surface area contributed by atoms with Crippen molar-refractivity contribution in [2.75, 3.05) is 12.0 Å². The van der Waals surface area contributed by atoms with E-state index in [1.165, 1.54) is 30.2 Å². The quantitative estimate of drug-likeness (QED) is 0.388. The molecule has 5 nitrogen and oxygen atoms in total. The number of benzene rings is 2. The van der Waals surface area contributed by atoms with Gasteiger partial charge in [0.05, 0.1) is 12.8 Å². The van der Waals surface area contributed by atoms with E-state index in [4.69, 9.17) is 16.3 Å². The Bertz CT molecular complexity index is 1290. The van der Waals surface area contributed by atoms with Gasteiger partial charge in [0.1, 0.15) is 11.3 Å². The van der Waals surface area contributed by atoms with Crippen LogP contribution in [0.15, 0.2) is 48.2 Å². The Kier molecular flexibility index (Phi) is 7.38. The van der Waals surface area contributed by atoms with Crippen LogP contribution in [-0.2, 0) is 16.6 Å². The molecule has 0 unspecified atom stereocenters. The number of aryl methyl sites for hydroxylation is 1. The molecule has 1 aliphatic heterocycles. The fourth-order valence-electron chi connectivity index (χ4n) is 5.38. The molecule has 4 rings (SSSR count). The molecule has 1 heterocycles. The number of ether oxygens (including phenoxy) is 1. The highest BCUT2D eigenvalue weighted by molar-refractivity contribution is 6.31. The fourth-order valence-corrected chi connectivity index (χ4v) is 5.65. The highest BCUT2D eigenvalue weighted by atomic mass is 35.5. The summed E-state index contributed by atoms with van der Waals surface area (Å²) < 4.78 is 33.2. The highest BCUT2D eigenvalue weighted by Gasteiger charge is 2.52. The van der Waals surface area contributed by atoms with E-state index in [1.807, 2.05) is 25.1 Å². The molecule has 0 spiro atoms. The lowest BCUT2D eigenvalue weighted by Crippen LogP contribution is -2.47. The highest BCUT2D eigenvalue weighted by Crippen LogP contribution is 2.54. The third-order valence-corrected chi connectivity index (χ3v) is 8.09. The first kappa shape index (κ1) is 28.1. The van der Waals surface area contributed by atoms with Crippen molar-refractivity contribution in [1.29, 1.82) is 0 Å². The molecule has 1 saturated carbocycles. The molecule has 204 valence electrons. The molecule has 1 aliphatic carbocycles. The molecule has 1 atom stereocenters. The van der Waals surface area contributed by atoms with E-state index in [1.54, 1.807) is 6.20 Å². The van der Waals surface area contributed by atoms with Crippen LogP contribution in [0, 0.1) is 11.3 Å². The topological polar surface area (TPSA) is 66.8 Å². The minimum absolute atomic E-state index is 0.0328. The molecule has 2 aromatic rings. The molecule has 8 heteroatoms. The Balaban J connectivity index is 1.75. The smallest absolute Gasteiger partial charge is 0.339 e. The van der Waals surface area contributed by atoms with Gasteiger partial charge in [-0.1, -0.05) is 51.4 Å². The second kappa shape index (κ2) is 9.99. The van der Waals surface area contributed by atoms with Crippen LogP contribution in [0.2, 0.25) is 5.02 Å². The maximum Gasteiger partial charge on any atom is 0.339 e. The average Bonchev–Trinajstić information content (AvgIpc) is 2.80. The van der Waals surface area contributed by atoms with Gasteiger partial charge in [0.25, 0.3) is 0 Å². The standard InChI is InChI=1S/C30H34ClF2NO4/c1-28(2,3)11-10-18-6-7-20(12-24(18)31)29(4)16-26(35)34(17-23(29)19-14-30(32,33)15-19)21-8-9-22(27(36)37)25(13-21)38-5/h6-9,12-13,17,19H,10-11,14-16H2,1-5H3,(H,36,37)/t29-/m0/s1. The van der Waals surface area contributed by atoms with Crippen molar-refractivity contribution in [2.24, 2.45) is 11.3 Å². The van der Waals surface area contributed by atoms with Gasteiger partial charge < -0.3 is 9.84 Å². The number of hydrogen-bond donors (Lipinski definition) is 1. The number of anilines is 1. The largest absolute Gasteiger partial charge is 0.496 e. The van der Waals surface area contributed by atoms with E-state index in [2.05, 4.69) is 20.8 Å². The summed E-state index contributed by atoms with van der Waals surface area (Å²) in [6.07, 6.45) is 2.93. The molecule has 0 bridgehead atoms. The van der Waals surface area contributed by atoms with Crippen molar-refractivity contribution in [1.82, 2.24) is 0 Å². The summed E-state index contributed by atoms with van der Waals surface area (Å²) >= 11 is 6.70. The first-order chi connectivity index (χ1) is 17.6. The van der Waals surface area contributed by atoms with Crippen LogP contribution in [0.5, 0.6) is 5.75 Å². The maximum atomic E-state index is 14.0. The SMILES string of the molecule is COc1cc(N2C=C(C3CC(F)(F)C3)[C@](C)(c3ccc(CCC(C)(C)C)c(Cl)c3)CC2=O)ccc1C(=O)O. The number of hydrogen-bond acceptors (Lipinski definition) is 3. The van der Waals surface area contributed by atoms with Gasteiger partial charge in [-0.3, -0.25) is 9.69 Å². The molecule has 1 amide bonds. The van der Waals surface area contributed by atoms with Crippen LogP contribution in [0.1, 0.15) is 74.9 Å². The Morgan fingerprint density at radius 3 is 2.42 bits per heavy atom. The zero-order valence-corrected chi connectivity index (χ0v) is 23.2. The van der Waals surface area contributed by atoms with Gasteiger partial charge in [0.2, 0.25) is 11.8 Å². The number of nitrogens with zero attached hydrogens (tertiary/aromatic N) is 1. The van der Waals surface area contributed by atoms with E-state index >= 15 is 0 Å². The number of amides is 1. The van der Waals surface area contributed by atoms with Crippen molar-refractivity contribution in [3.8, 4) is 5.75 Å². The molecule has 38 heavy (non-hydrogen) atoms. The lowest BCUT2D eigenvalue weighted by atomic mass is 9.62. The van der Waals surface area contributed by atoms with Crippen molar-refractivity contribution in [3.05, 3.63) is 69.9 Å². The summed E-state index contributed by atoms with van der Waals surface area (Å²) in [5.74, 6) is -4.41. The van der Waals surface area contributed by atoms with E-state index in [0.29, 0.717) is 10.7 Å². The molecule has 1 N–H and O–H groups in total. The number of carbonyl (C=O) groups excluding carboxylic acids is 1. The molecule has 0 radical (unpaired) electrons. The van der Waals surface area contributed by atoms with Gasteiger partial charge in [-0.15, -0.1) is 0 Å². The van der Waals surface area contributed by atoms with Crippen molar-refractivity contribution < 1.29 is 28.2 Å².